The topological polar surface area (TPSA) is 70.6 Å². The summed E-state index contributed by atoms with van der Waals surface area (Å²) >= 11 is 0. The van der Waals surface area contributed by atoms with Crippen LogP contribution in [0.5, 0.6) is 5.75 Å². The highest BCUT2D eigenvalue weighted by Gasteiger charge is 2.20. The van der Waals surface area contributed by atoms with Crippen LogP contribution in [0.15, 0.2) is 30.3 Å². The smallest absolute Gasteiger partial charge is 0.219 e. The quantitative estimate of drug-likeness (QED) is 0.885. The largest absolute Gasteiger partial charge is 0.497 e. The fraction of sp³-hybridized carbons (Fsp3) is 0.421. The van der Waals surface area contributed by atoms with Gasteiger partial charge in [0.05, 0.1) is 7.11 Å². The zero-order valence-electron chi connectivity index (χ0n) is 15.5. The van der Waals surface area contributed by atoms with Crippen LogP contribution in [0.2, 0.25) is 0 Å². The molecule has 2 aromatic rings. The molecule has 2 heterocycles. The number of anilines is 2. The van der Waals surface area contributed by atoms with Crippen molar-refractivity contribution in [3.05, 3.63) is 41.7 Å². The van der Waals surface area contributed by atoms with Crippen molar-refractivity contribution >= 4 is 17.5 Å². The number of carbonyl (C=O) groups is 1. The molecule has 3 rings (SSSR count). The van der Waals surface area contributed by atoms with Gasteiger partial charge in [0.1, 0.15) is 23.2 Å². The number of aromatic nitrogens is 2. The van der Waals surface area contributed by atoms with Crippen molar-refractivity contribution < 1.29 is 9.53 Å². The van der Waals surface area contributed by atoms with E-state index in [0.717, 1.165) is 55.0 Å². The number of ether oxygens (including phenoxy) is 1. The van der Waals surface area contributed by atoms with Gasteiger partial charge in [-0.05, 0) is 24.6 Å². The highest BCUT2D eigenvalue weighted by molar-refractivity contribution is 5.73. The minimum atomic E-state index is 0.130. The number of benzene rings is 1. The molecule has 0 aliphatic carbocycles. The summed E-state index contributed by atoms with van der Waals surface area (Å²) in [6.45, 7) is 7.22. The summed E-state index contributed by atoms with van der Waals surface area (Å²) < 4.78 is 5.18. The van der Waals surface area contributed by atoms with Gasteiger partial charge in [0.15, 0.2) is 0 Å². The Labute approximate surface area is 154 Å². The van der Waals surface area contributed by atoms with Gasteiger partial charge in [-0.25, -0.2) is 9.97 Å². The van der Waals surface area contributed by atoms with E-state index in [9.17, 15) is 4.79 Å². The van der Waals surface area contributed by atoms with Gasteiger partial charge in [0.2, 0.25) is 5.91 Å². The molecule has 1 aliphatic heterocycles. The predicted octanol–water partition coefficient (Wildman–Crippen LogP) is 2.07. The van der Waals surface area contributed by atoms with Crippen LogP contribution in [0.1, 0.15) is 18.3 Å². The fourth-order valence-electron chi connectivity index (χ4n) is 2.99. The van der Waals surface area contributed by atoms with Gasteiger partial charge < -0.3 is 19.9 Å². The first kappa shape index (κ1) is 18.0. The second-order valence-electron chi connectivity index (χ2n) is 6.35. The molecule has 1 fully saturated rings. The second kappa shape index (κ2) is 8.03. The summed E-state index contributed by atoms with van der Waals surface area (Å²) in [6, 6.07) is 9.92. The fourth-order valence-corrected chi connectivity index (χ4v) is 2.99. The Morgan fingerprint density at radius 3 is 2.46 bits per heavy atom. The highest BCUT2D eigenvalue weighted by atomic mass is 16.5. The first-order valence-corrected chi connectivity index (χ1v) is 8.78. The van der Waals surface area contributed by atoms with E-state index in [1.165, 1.54) is 0 Å². The van der Waals surface area contributed by atoms with Crippen molar-refractivity contribution in [1.82, 2.24) is 14.9 Å². The van der Waals surface area contributed by atoms with Crippen molar-refractivity contribution in [1.29, 1.82) is 0 Å². The number of rotatable bonds is 5. The van der Waals surface area contributed by atoms with Gasteiger partial charge >= 0.3 is 0 Å². The average Bonchev–Trinajstić information content (AvgIpc) is 2.66. The summed E-state index contributed by atoms with van der Waals surface area (Å²) in [5.41, 5.74) is 1.15. The predicted molar refractivity (Wildman–Crippen MR) is 102 cm³/mol. The van der Waals surface area contributed by atoms with Crippen molar-refractivity contribution in [3.8, 4) is 5.75 Å². The molecule has 1 amide bonds. The highest BCUT2D eigenvalue weighted by Crippen LogP contribution is 2.19. The van der Waals surface area contributed by atoms with Crippen LogP contribution in [0.3, 0.4) is 0 Å². The molecule has 138 valence electrons. The molecule has 1 saturated heterocycles. The Morgan fingerprint density at radius 1 is 1.15 bits per heavy atom. The Balaban J connectivity index is 1.64. The molecular weight excluding hydrogens is 330 g/mol. The molecule has 0 radical (unpaired) electrons. The zero-order chi connectivity index (χ0) is 18.5. The molecule has 7 nitrogen and oxygen atoms in total. The van der Waals surface area contributed by atoms with Gasteiger partial charge in [-0.1, -0.05) is 12.1 Å². The van der Waals surface area contributed by atoms with Gasteiger partial charge in [0, 0.05) is 45.7 Å². The van der Waals surface area contributed by atoms with E-state index < -0.39 is 0 Å². The van der Waals surface area contributed by atoms with Crippen LogP contribution in [0.25, 0.3) is 0 Å². The number of amides is 1. The molecule has 1 N–H and O–H groups in total. The third kappa shape index (κ3) is 4.41. The number of hydrogen-bond acceptors (Lipinski definition) is 6. The number of aryl methyl sites for hydroxylation is 1. The molecule has 0 spiro atoms. The van der Waals surface area contributed by atoms with Crippen LogP contribution in [0.4, 0.5) is 11.6 Å². The Hall–Kier alpha value is -2.83. The van der Waals surface area contributed by atoms with Gasteiger partial charge in [-0.2, -0.15) is 0 Å². The maximum absolute atomic E-state index is 11.5. The van der Waals surface area contributed by atoms with Crippen LogP contribution in [-0.2, 0) is 11.3 Å². The van der Waals surface area contributed by atoms with E-state index in [-0.39, 0.29) is 5.91 Å². The first-order valence-electron chi connectivity index (χ1n) is 8.78. The second-order valence-corrected chi connectivity index (χ2v) is 6.35. The van der Waals surface area contributed by atoms with Crippen LogP contribution in [-0.4, -0.2) is 54.1 Å². The Kier molecular flexibility index (Phi) is 5.55. The van der Waals surface area contributed by atoms with Gasteiger partial charge in [-0.3, -0.25) is 4.79 Å². The molecule has 0 bridgehead atoms. The third-order valence-electron chi connectivity index (χ3n) is 4.51. The number of nitrogens with zero attached hydrogens (tertiary/aromatic N) is 4. The average molecular weight is 355 g/mol. The molecule has 0 saturated carbocycles. The number of hydrogen-bond donors (Lipinski definition) is 1. The molecule has 1 aromatic carbocycles. The summed E-state index contributed by atoms with van der Waals surface area (Å²) in [5.74, 6) is 3.41. The summed E-state index contributed by atoms with van der Waals surface area (Å²) in [5, 5.41) is 3.36. The molecule has 1 aromatic heterocycles. The van der Waals surface area contributed by atoms with E-state index in [2.05, 4.69) is 20.2 Å². The van der Waals surface area contributed by atoms with E-state index in [4.69, 9.17) is 4.74 Å². The third-order valence-corrected chi connectivity index (χ3v) is 4.51. The lowest BCUT2D eigenvalue weighted by Crippen LogP contribution is -2.48. The van der Waals surface area contributed by atoms with Crippen LogP contribution < -0.4 is 15.0 Å². The first-order chi connectivity index (χ1) is 12.5. The number of methoxy groups -OCH3 is 1. The minimum Gasteiger partial charge on any atom is -0.497 e. The van der Waals surface area contributed by atoms with E-state index in [0.29, 0.717) is 6.54 Å². The number of nitrogens with one attached hydrogen (secondary N) is 1. The molecule has 0 unspecified atom stereocenters. The lowest BCUT2D eigenvalue weighted by atomic mass is 10.2. The van der Waals surface area contributed by atoms with Crippen LogP contribution >= 0.6 is 0 Å². The van der Waals surface area contributed by atoms with E-state index >= 15 is 0 Å². The molecule has 26 heavy (non-hydrogen) atoms. The Morgan fingerprint density at radius 2 is 1.85 bits per heavy atom. The normalized spacial score (nSPS) is 14.3. The Bertz CT molecular complexity index is 755. The lowest BCUT2D eigenvalue weighted by molar-refractivity contribution is -0.129. The van der Waals surface area contributed by atoms with E-state index in [1.54, 1.807) is 14.0 Å². The van der Waals surface area contributed by atoms with Crippen LogP contribution in [0, 0.1) is 6.92 Å². The van der Waals surface area contributed by atoms with Crippen molar-refractivity contribution in [2.75, 3.05) is 43.5 Å². The van der Waals surface area contributed by atoms with E-state index in [1.807, 2.05) is 42.2 Å². The molecule has 7 heteroatoms. The molecule has 0 atom stereocenters. The molecular formula is C19H25N5O2. The number of carbonyl (C=O) groups excluding carboxylic acids is 1. The standard InChI is InChI=1S/C19H25N5O2/c1-14-21-18(20-13-16-4-6-17(26-3)7-5-16)12-19(22-14)24-10-8-23(9-11-24)15(2)25/h4-7,12H,8-11,13H2,1-3H3,(H,20,21,22). The van der Waals surface area contributed by atoms with Crippen molar-refractivity contribution in [2.24, 2.45) is 0 Å². The SMILES string of the molecule is COc1ccc(CNc2cc(N3CCN(C(C)=O)CC3)nc(C)n2)cc1. The van der Waals surface area contributed by atoms with Gasteiger partial charge in [0.25, 0.3) is 0 Å². The molecule has 1 aliphatic rings. The summed E-state index contributed by atoms with van der Waals surface area (Å²) in [7, 11) is 1.66. The maximum atomic E-state index is 11.5. The monoisotopic (exact) mass is 355 g/mol. The zero-order valence-corrected chi connectivity index (χ0v) is 15.5. The van der Waals surface area contributed by atoms with Crippen molar-refractivity contribution in [2.45, 2.75) is 20.4 Å². The van der Waals surface area contributed by atoms with Crippen molar-refractivity contribution in [3.63, 3.8) is 0 Å². The number of piperazine rings is 1. The summed E-state index contributed by atoms with van der Waals surface area (Å²) in [6.07, 6.45) is 0. The lowest BCUT2D eigenvalue weighted by Gasteiger charge is -2.35. The minimum absolute atomic E-state index is 0.130. The summed E-state index contributed by atoms with van der Waals surface area (Å²) in [4.78, 5) is 24.6. The maximum Gasteiger partial charge on any atom is 0.219 e. The van der Waals surface area contributed by atoms with Gasteiger partial charge in [-0.15, -0.1) is 0 Å².